The number of hydrogen-bond donors (Lipinski definition) is 0. The molecular formula is C8H22O5Si2. The molecule has 0 saturated heterocycles. The van der Waals surface area contributed by atoms with Crippen LogP contribution in [0.15, 0.2) is 0 Å². The molecule has 0 bridgehead atoms. The zero-order valence-electron chi connectivity index (χ0n) is 10.1. The second-order valence-corrected chi connectivity index (χ2v) is 4.39. The highest BCUT2D eigenvalue weighted by atomic mass is 28.4. The van der Waals surface area contributed by atoms with E-state index in [-0.39, 0.29) is 0 Å². The first-order chi connectivity index (χ1) is 7.24. The molecule has 0 aliphatic rings. The fourth-order valence-corrected chi connectivity index (χ4v) is 2.87. The molecule has 0 N–H and O–H groups in total. The molecule has 0 saturated carbocycles. The fraction of sp³-hybridized carbons (Fsp3) is 1.00. The Bertz CT molecular complexity index is 107. The lowest BCUT2D eigenvalue weighted by Gasteiger charge is -2.26. The molecule has 0 aliphatic carbocycles. The molecule has 0 aromatic carbocycles. The van der Waals surface area contributed by atoms with Gasteiger partial charge in [-0.25, -0.2) is 0 Å². The van der Waals surface area contributed by atoms with Crippen LogP contribution in [-0.4, -0.2) is 45.6 Å². The third-order valence-electron chi connectivity index (χ3n) is 1.28. The summed E-state index contributed by atoms with van der Waals surface area (Å²) in [6.07, 6.45) is 0. The summed E-state index contributed by atoms with van der Waals surface area (Å²) in [4.78, 5) is 0. The summed E-state index contributed by atoms with van der Waals surface area (Å²) < 4.78 is 30.0. The predicted molar refractivity (Wildman–Crippen MR) is 61.5 cm³/mol. The third-order valence-corrected chi connectivity index (χ3v) is 3.85. The van der Waals surface area contributed by atoms with Crippen LogP contribution < -0.4 is 0 Å². The molecule has 0 aromatic heterocycles. The van der Waals surface area contributed by atoms with Crippen LogP contribution in [0.25, 0.3) is 0 Å². The molecule has 0 radical (unpaired) electrons. The average Bonchev–Trinajstić information content (AvgIpc) is 2.22. The van der Waals surface area contributed by atoms with E-state index in [1.165, 1.54) is 0 Å². The molecule has 0 aromatic rings. The van der Waals surface area contributed by atoms with E-state index in [0.717, 1.165) is 0 Å². The quantitative estimate of drug-likeness (QED) is 0.592. The van der Waals surface area contributed by atoms with Gasteiger partial charge in [0.15, 0.2) is 0 Å². The van der Waals surface area contributed by atoms with Crippen LogP contribution in [0.4, 0.5) is 0 Å². The minimum absolute atomic E-state index is 0.548. The van der Waals surface area contributed by atoms with E-state index in [2.05, 4.69) is 0 Å². The lowest BCUT2D eigenvalue weighted by Crippen LogP contribution is -2.49. The Morgan fingerprint density at radius 1 is 0.733 bits per heavy atom. The smallest absolute Gasteiger partial charge is 0.396 e. The van der Waals surface area contributed by atoms with Crippen molar-refractivity contribution in [1.29, 1.82) is 0 Å². The lowest BCUT2D eigenvalue weighted by atomic mass is 10.9. The highest BCUT2D eigenvalue weighted by Gasteiger charge is 2.44. The molecule has 0 spiro atoms. The van der Waals surface area contributed by atoms with Crippen molar-refractivity contribution in [2.45, 2.75) is 27.7 Å². The van der Waals surface area contributed by atoms with Crippen molar-refractivity contribution in [2.75, 3.05) is 26.4 Å². The Kier molecular flexibility index (Phi) is 14.1. The van der Waals surface area contributed by atoms with E-state index >= 15 is 0 Å². The minimum Gasteiger partial charge on any atom is -0.396 e. The second-order valence-electron chi connectivity index (χ2n) is 2.23. The van der Waals surface area contributed by atoms with Crippen LogP contribution in [0.1, 0.15) is 27.7 Å². The molecule has 5 nitrogen and oxygen atoms in total. The zero-order valence-corrected chi connectivity index (χ0v) is 12.5. The molecule has 0 amide bonds. The van der Waals surface area contributed by atoms with Gasteiger partial charge in [0.25, 0.3) is 0 Å². The van der Waals surface area contributed by atoms with Gasteiger partial charge >= 0.3 is 9.05 Å². The van der Waals surface area contributed by atoms with Gasteiger partial charge in [-0.15, -0.1) is 0 Å². The van der Waals surface area contributed by atoms with Crippen molar-refractivity contribution in [3.8, 4) is 0 Å². The van der Waals surface area contributed by atoms with Gasteiger partial charge in [-0.2, -0.15) is 0 Å². The molecular weight excluding hydrogens is 232 g/mol. The second kappa shape index (κ2) is 12.1. The van der Waals surface area contributed by atoms with Crippen LogP contribution in [0.5, 0.6) is 0 Å². The Labute approximate surface area is 96.0 Å². The van der Waals surface area contributed by atoms with Crippen molar-refractivity contribution in [3.63, 3.8) is 0 Å². The van der Waals surface area contributed by atoms with Gasteiger partial charge in [-0.3, -0.25) is 0 Å². The molecule has 0 aliphatic heterocycles. The van der Waals surface area contributed by atoms with Crippen molar-refractivity contribution >= 4 is 19.2 Å². The van der Waals surface area contributed by atoms with E-state index in [1.54, 1.807) is 0 Å². The summed E-state index contributed by atoms with van der Waals surface area (Å²) >= 11 is 0. The van der Waals surface area contributed by atoms with Gasteiger partial charge in [-0.1, -0.05) is 0 Å². The van der Waals surface area contributed by atoms with E-state index < -0.39 is 9.05 Å². The van der Waals surface area contributed by atoms with Gasteiger partial charge in [0.2, 0.25) is 10.1 Å². The maximum absolute atomic E-state index is 8.28. The van der Waals surface area contributed by atoms with E-state index in [1.807, 2.05) is 27.7 Å². The van der Waals surface area contributed by atoms with Crippen LogP contribution >= 0.6 is 0 Å². The van der Waals surface area contributed by atoms with Gasteiger partial charge < -0.3 is 22.2 Å². The molecule has 0 rings (SSSR count). The summed E-state index contributed by atoms with van der Waals surface area (Å²) in [7, 11) is -2.18. The number of hydrogen-bond acceptors (Lipinski definition) is 5. The molecule has 92 valence electrons. The van der Waals surface area contributed by atoms with Crippen molar-refractivity contribution in [3.05, 3.63) is 0 Å². The van der Waals surface area contributed by atoms with Crippen LogP contribution in [0.2, 0.25) is 0 Å². The Morgan fingerprint density at radius 3 is 1.07 bits per heavy atom. The van der Waals surface area contributed by atoms with Gasteiger partial charge in [0.05, 0.1) is 0 Å². The maximum atomic E-state index is 8.28. The average molecular weight is 254 g/mol. The molecule has 0 atom stereocenters. The highest BCUT2D eigenvalue weighted by molar-refractivity contribution is 6.53. The van der Waals surface area contributed by atoms with E-state index in [9.17, 15) is 0 Å². The topological polar surface area (TPSA) is 54.0 Å². The summed E-state index contributed by atoms with van der Waals surface area (Å²) in [5.41, 5.74) is 0. The largest absolute Gasteiger partial charge is 0.679 e. The molecule has 7 heteroatoms. The summed E-state index contributed by atoms with van der Waals surface area (Å²) in [6, 6.07) is 0. The SMILES string of the molecule is CCO[Si](OCC)(OCC)OCC.O=[SiH2]. The first kappa shape index (κ1) is 17.5. The van der Waals surface area contributed by atoms with E-state index in [0.29, 0.717) is 36.6 Å². The third kappa shape index (κ3) is 7.94. The van der Waals surface area contributed by atoms with Crippen LogP contribution in [-0.2, 0) is 22.2 Å². The maximum Gasteiger partial charge on any atom is 0.679 e. The summed E-state index contributed by atoms with van der Waals surface area (Å²) in [6.45, 7) is 9.80. The first-order valence-electron chi connectivity index (χ1n) is 5.09. The predicted octanol–water partition coefficient (Wildman–Crippen LogP) is 0.533. The zero-order chi connectivity index (χ0) is 12.2. The fourth-order valence-electron chi connectivity index (χ4n) is 0.957. The monoisotopic (exact) mass is 254 g/mol. The van der Waals surface area contributed by atoms with Crippen molar-refractivity contribution < 1.29 is 22.2 Å². The molecule has 0 heterocycles. The van der Waals surface area contributed by atoms with Gasteiger partial charge in [0, 0.05) is 26.4 Å². The molecule has 0 fully saturated rings. The minimum atomic E-state index is -2.80. The number of rotatable bonds is 8. The summed E-state index contributed by atoms with van der Waals surface area (Å²) in [5, 5.41) is 0. The normalized spacial score (nSPS) is 10.7. The lowest BCUT2D eigenvalue weighted by molar-refractivity contribution is -0.0247. The summed E-state index contributed by atoms with van der Waals surface area (Å²) in [5.74, 6) is 0. The van der Waals surface area contributed by atoms with Crippen LogP contribution in [0.3, 0.4) is 0 Å². The molecule has 0 unspecified atom stereocenters. The first-order valence-corrected chi connectivity index (χ1v) is 7.30. The van der Waals surface area contributed by atoms with Crippen molar-refractivity contribution in [1.82, 2.24) is 0 Å². The van der Waals surface area contributed by atoms with E-state index in [4.69, 9.17) is 22.2 Å². The van der Waals surface area contributed by atoms with Gasteiger partial charge in [-0.05, 0) is 27.7 Å². The Hall–Kier alpha value is 0.0738. The Morgan fingerprint density at radius 2 is 0.933 bits per heavy atom. The van der Waals surface area contributed by atoms with Crippen LogP contribution in [0, 0.1) is 0 Å². The molecule has 15 heavy (non-hydrogen) atoms. The Balaban J connectivity index is 0. The standard InChI is InChI=1S/C8H20O4Si.H2OSi/c1-5-9-13(10-6-2,11-7-3)12-8-4;1-2/h5-8H2,1-4H3;2H2. The van der Waals surface area contributed by atoms with Crippen molar-refractivity contribution in [2.24, 2.45) is 0 Å². The highest BCUT2D eigenvalue weighted by Crippen LogP contribution is 2.11. The van der Waals surface area contributed by atoms with Gasteiger partial charge in [0.1, 0.15) is 0 Å².